The average Bonchev–Trinajstić information content (AvgIpc) is 3.10. The molecule has 0 saturated heterocycles. The van der Waals surface area contributed by atoms with E-state index in [0.29, 0.717) is 5.92 Å². The first-order chi connectivity index (χ1) is 11.2. The van der Waals surface area contributed by atoms with E-state index in [1.807, 2.05) is 17.5 Å². The van der Waals surface area contributed by atoms with E-state index in [1.54, 1.807) is 0 Å². The number of aryl methyl sites for hydroxylation is 1. The maximum absolute atomic E-state index is 4.58. The van der Waals surface area contributed by atoms with Gasteiger partial charge in [0.25, 0.3) is 0 Å². The van der Waals surface area contributed by atoms with Crippen molar-refractivity contribution in [2.75, 3.05) is 26.2 Å². The van der Waals surface area contributed by atoms with Gasteiger partial charge in [0.1, 0.15) is 5.82 Å². The van der Waals surface area contributed by atoms with Gasteiger partial charge in [0.2, 0.25) is 0 Å². The van der Waals surface area contributed by atoms with Crippen LogP contribution < -0.4 is 0 Å². The van der Waals surface area contributed by atoms with Crippen LogP contribution in [0.2, 0.25) is 0 Å². The van der Waals surface area contributed by atoms with E-state index in [2.05, 4.69) is 58.5 Å². The van der Waals surface area contributed by atoms with Crippen molar-refractivity contribution in [3.8, 4) is 0 Å². The second kappa shape index (κ2) is 7.60. The predicted molar refractivity (Wildman–Crippen MR) is 96.7 cm³/mol. The summed E-state index contributed by atoms with van der Waals surface area (Å²) in [5.74, 6) is 1.87. The molecule has 0 aromatic carbocycles. The monoisotopic (exact) mass is 332 g/mol. The highest BCUT2D eigenvalue weighted by Gasteiger charge is 2.23. The minimum atomic E-state index is 0.659. The summed E-state index contributed by atoms with van der Waals surface area (Å²) in [6.07, 6.45) is 4.09. The third kappa shape index (κ3) is 4.22. The highest BCUT2D eigenvalue weighted by atomic mass is 32.1. The van der Waals surface area contributed by atoms with Crippen molar-refractivity contribution in [1.82, 2.24) is 19.4 Å². The first-order valence-electron chi connectivity index (χ1n) is 8.68. The topological polar surface area (TPSA) is 24.3 Å². The van der Waals surface area contributed by atoms with Gasteiger partial charge in [-0.3, -0.25) is 4.90 Å². The number of rotatable bonds is 6. The zero-order chi connectivity index (χ0) is 16.2. The van der Waals surface area contributed by atoms with Crippen molar-refractivity contribution < 1.29 is 0 Å². The molecule has 0 unspecified atom stereocenters. The summed E-state index contributed by atoms with van der Waals surface area (Å²) in [6.45, 7) is 14.4. The predicted octanol–water partition coefficient (Wildman–Crippen LogP) is 3.23. The smallest absolute Gasteiger partial charge is 0.122 e. The Kier molecular flexibility index (Phi) is 5.51. The van der Waals surface area contributed by atoms with Gasteiger partial charge >= 0.3 is 0 Å². The van der Waals surface area contributed by atoms with Crippen LogP contribution in [-0.4, -0.2) is 45.5 Å². The van der Waals surface area contributed by atoms with Gasteiger partial charge in [-0.25, -0.2) is 4.98 Å². The van der Waals surface area contributed by atoms with Crippen LogP contribution >= 0.6 is 11.3 Å². The van der Waals surface area contributed by atoms with Crippen molar-refractivity contribution in [2.24, 2.45) is 5.92 Å². The Morgan fingerprint density at radius 3 is 2.78 bits per heavy atom. The summed E-state index contributed by atoms with van der Waals surface area (Å²) in [5, 5.41) is 0. The van der Waals surface area contributed by atoms with Crippen LogP contribution in [0.5, 0.6) is 0 Å². The molecule has 0 spiro atoms. The fourth-order valence-corrected chi connectivity index (χ4v) is 4.43. The van der Waals surface area contributed by atoms with Crippen molar-refractivity contribution in [1.29, 1.82) is 0 Å². The largest absolute Gasteiger partial charge is 0.333 e. The molecule has 0 saturated carbocycles. The standard InChI is InChI=1S/C18H28N4S/c1-4-20(5-2)10-16-11-21(13-17-7-6-15(3)23-17)14-18-19-8-9-22(18)12-16/h6-9,16H,4-5,10-14H2,1-3H3/t16-/m0/s1. The first kappa shape index (κ1) is 16.7. The molecule has 126 valence electrons. The Bertz CT molecular complexity index is 614. The summed E-state index contributed by atoms with van der Waals surface area (Å²) in [6, 6.07) is 4.50. The SMILES string of the molecule is CCN(CC)C[C@H]1CN(Cc2ccc(C)s2)Cc2nccn2C1. The maximum atomic E-state index is 4.58. The Labute approximate surface area is 143 Å². The molecule has 1 aliphatic rings. The molecular weight excluding hydrogens is 304 g/mol. The summed E-state index contributed by atoms with van der Waals surface area (Å²) in [4.78, 5) is 12.6. The van der Waals surface area contributed by atoms with Gasteiger partial charge in [-0.05, 0) is 32.1 Å². The van der Waals surface area contributed by atoms with Crippen LogP contribution in [0.3, 0.4) is 0 Å². The van der Waals surface area contributed by atoms with E-state index in [4.69, 9.17) is 0 Å². The number of hydrogen-bond donors (Lipinski definition) is 0. The Balaban J connectivity index is 1.74. The Hall–Kier alpha value is -1.17. The minimum Gasteiger partial charge on any atom is -0.333 e. The number of imidazole rings is 1. The molecule has 0 fully saturated rings. The quantitative estimate of drug-likeness (QED) is 0.812. The van der Waals surface area contributed by atoms with Gasteiger partial charge in [0, 0.05) is 54.2 Å². The van der Waals surface area contributed by atoms with Gasteiger partial charge in [-0.15, -0.1) is 11.3 Å². The van der Waals surface area contributed by atoms with Gasteiger partial charge in [-0.2, -0.15) is 0 Å². The molecule has 1 aliphatic heterocycles. The fourth-order valence-electron chi connectivity index (χ4n) is 3.50. The molecule has 0 radical (unpaired) electrons. The second-order valence-electron chi connectivity index (χ2n) is 6.53. The lowest BCUT2D eigenvalue weighted by Crippen LogP contribution is -2.36. The van der Waals surface area contributed by atoms with E-state index >= 15 is 0 Å². The number of hydrogen-bond acceptors (Lipinski definition) is 4. The lowest BCUT2D eigenvalue weighted by molar-refractivity contribution is 0.175. The zero-order valence-electron chi connectivity index (χ0n) is 14.5. The van der Waals surface area contributed by atoms with Gasteiger partial charge < -0.3 is 9.47 Å². The number of nitrogens with zero attached hydrogens (tertiary/aromatic N) is 4. The molecule has 0 bridgehead atoms. The van der Waals surface area contributed by atoms with Crippen molar-refractivity contribution in [3.63, 3.8) is 0 Å². The van der Waals surface area contributed by atoms with Crippen LogP contribution in [0, 0.1) is 12.8 Å². The second-order valence-corrected chi connectivity index (χ2v) is 7.90. The highest BCUT2D eigenvalue weighted by molar-refractivity contribution is 7.11. The van der Waals surface area contributed by atoms with Crippen molar-refractivity contribution in [3.05, 3.63) is 40.1 Å². The lowest BCUT2D eigenvalue weighted by atomic mass is 10.1. The van der Waals surface area contributed by atoms with Crippen LogP contribution in [0.4, 0.5) is 0 Å². The summed E-state index contributed by atoms with van der Waals surface area (Å²) in [5.41, 5.74) is 0. The average molecular weight is 333 g/mol. The van der Waals surface area contributed by atoms with Crippen LogP contribution in [0.25, 0.3) is 0 Å². The van der Waals surface area contributed by atoms with Gasteiger partial charge in [-0.1, -0.05) is 13.8 Å². The van der Waals surface area contributed by atoms with E-state index < -0.39 is 0 Å². The molecule has 0 aliphatic carbocycles. The number of aromatic nitrogens is 2. The minimum absolute atomic E-state index is 0.659. The molecule has 3 heterocycles. The molecule has 2 aromatic heterocycles. The first-order valence-corrected chi connectivity index (χ1v) is 9.49. The van der Waals surface area contributed by atoms with Gasteiger partial charge in [0.05, 0.1) is 6.54 Å². The molecule has 1 atom stereocenters. The molecule has 0 amide bonds. The molecular formula is C18H28N4S. The number of fused-ring (bicyclic) bond motifs is 1. The Morgan fingerprint density at radius 2 is 2.09 bits per heavy atom. The van der Waals surface area contributed by atoms with E-state index in [9.17, 15) is 0 Å². The van der Waals surface area contributed by atoms with E-state index in [-0.39, 0.29) is 0 Å². The normalized spacial score (nSPS) is 19.0. The Morgan fingerprint density at radius 1 is 1.26 bits per heavy atom. The molecule has 4 nitrogen and oxygen atoms in total. The summed E-state index contributed by atoms with van der Waals surface area (Å²) in [7, 11) is 0. The number of thiophene rings is 1. The highest BCUT2D eigenvalue weighted by Crippen LogP contribution is 2.22. The van der Waals surface area contributed by atoms with E-state index in [1.165, 1.54) is 22.1 Å². The maximum Gasteiger partial charge on any atom is 0.122 e. The summed E-state index contributed by atoms with van der Waals surface area (Å²) < 4.78 is 2.35. The molecule has 2 aromatic rings. The zero-order valence-corrected chi connectivity index (χ0v) is 15.4. The van der Waals surface area contributed by atoms with Crippen LogP contribution in [0.15, 0.2) is 24.5 Å². The third-order valence-electron chi connectivity index (χ3n) is 4.72. The lowest BCUT2D eigenvalue weighted by Gasteiger charge is -2.28. The van der Waals surface area contributed by atoms with Gasteiger partial charge in [0.15, 0.2) is 0 Å². The van der Waals surface area contributed by atoms with E-state index in [0.717, 1.165) is 39.3 Å². The van der Waals surface area contributed by atoms with Crippen LogP contribution in [-0.2, 0) is 19.6 Å². The molecule has 0 N–H and O–H groups in total. The fraction of sp³-hybridized carbons (Fsp3) is 0.611. The van der Waals surface area contributed by atoms with Crippen molar-refractivity contribution in [2.45, 2.75) is 40.4 Å². The third-order valence-corrected chi connectivity index (χ3v) is 5.71. The van der Waals surface area contributed by atoms with Crippen molar-refractivity contribution >= 4 is 11.3 Å². The molecule has 23 heavy (non-hydrogen) atoms. The molecule has 5 heteroatoms. The van der Waals surface area contributed by atoms with Crippen LogP contribution in [0.1, 0.15) is 29.4 Å². The summed E-state index contributed by atoms with van der Waals surface area (Å²) >= 11 is 1.92. The molecule has 3 rings (SSSR count).